The van der Waals surface area contributed by atoms with E-state index in [9.17, 15) is 38.4 Å². The number of ether oxygens (including phenoxy) is 5. The van der Waals surface area contributed by atoms with Crippen molar-refractivity contribution >= 4 is 50.5 Å². The first-order chi connectivity index (χ1) is 22.8. The van der Waals surface area contributed by atoms with Crippen LogP contribution in [0.25, 0.3) is 11.2 Å². The third kappa shape index (κ3) is 9.34. The zero-order valence-electron chi connectivity index (χ0n) is 26.6. The number of aliphatic hydroxyl groups is 1. The van der Waals surface area contributed by atoms with Crippen LogP contribution < -0.4 is 5.73 Å². The molecule has 0 spiro atoms. The lowest BCUT2D eigenvalue weighted by atomic mass is 9.81. The number of esters is 3. The predicted octanol–water partition coefficient (Wildman–Crippen LogP) is 0.679. The van der Waals surface area contributed by atoms with E-state index >= 15 is 4.39 Å². The number of carbonyl (C=O) groups is 3. The van der Waals surface area contributed by atoms with Gasteiger partial charge in [0.2, 0.25) is 6.29 Å². The Balaban J connectivity index is 1.45. The molecule has 274 valence electrons. The van der Waals surface area contributed by atoms with E-state index in [1.54, 1.807) is 13.8 Å². The van der Waals surface area contributed by atoms with Gasteiger partial charge in [-0.1, -0.05) is 13.8 Å². The average Bonchev–Trinajstić information content (AvgIpc) is 3.54. The molecule has 5 N–H and O–H groups in total. The zero-order valence-corrected chi connectivity index (χ0v) is 28.4. The zero-order chi connectivity index (χ0) is 36.4. The fourth-order valence-electron chi connectivity index (χ4n) is 5.27. The number of aromatic nitrogens is 4. The molecule has 12 atom stereocenters. The number of phosphoric ester groups is 2. The van der Waals surface area contributed by atoms with E-state index in [1.165, 1.54) is 0 Å². The van der Waals surface area contributed by atoms with Crippen LogP contribution in [0.4, 0.5) is 10.2 Å². The van der Waals surface area contributed by atoms with Crippen molar-refractivity contribution in [2.75, 3.05) is 18.9 Å². The highest BCUT2D eigenvalue weighted by molar-refractivity contribution is 7.61. The normalized spacial score (nSPS) is 31.7. The first-order valence-corrected chi connectivity index (χ1v) is 17.5. The van der Waals surface area contributed by atoms with E-state index in [2.05, 4.69) is 19.3 Å². The van der Waals surface area contributed by atoms with E-state index < -0.39 is 108 Å². The van der Waals surface area contributed by atoms with Gasteiger partial charge in [0, 0.05) is 26.7 Å². The number of fused-ring (bicyclic) bond motifs is 1. The van der Waals surface area contributed by atoms with Gasteiger partial charge in [0.25, 0.3) is 0 Å². The van der Waals surface area contributed by atoms with Gasteiger partial charge in [-0.3, -0.25) is 28.0 Å². The van der Waals surface area contributed by atoms with Crippen LogP contribution in [0.15, 0.2) is 12.7 Å². The van der Waals surface area contributed by atoms with Crippen molar-refractivity contribution in [1.29, 1.82) is 0 Å². The molecular weight excluding hydrogens is 707 g/mol. The number of hydrogen-bond donors (Lipinski definition) is 4. The molecule has 0 radical (unpaired) electrons. The fourth-order valence-corrected chi connectivity index (χ4v) is 7.42. The SMILES string of the molecule is CC(=O)OC[C@@H](OC(C)=O)C1O[C@@H](OP(=O)(O)OP(=O)(O)OC[C@H]2O[C@@H](n3cnc4c(N)ncnc43)[C@@H](F)C2O)C(OC(C)=O)[C@@H](C)[C@@H]1C. The van der Waals surface area contributed by atoms with Crippen LogP contribution in [0.3, 0.4) is 0 Å². The Bertz CT molecular complexity index is 1630. The molecule has 0 bridgehead atoms. The second-order valence-corrected chi connectivity index (χ2v) is 14.2. The van der Waals surface area contributed by atoms with Gasteiger partial charge in [-0.2, -0.15) is 4.31 Å². The second kappa shape index (κ2) is 15.4. The molecule has 2 aromatic rings. The van der Waals surface area contributed by atoms with E-state index in [-0.39, 0.29) is 17.0 Å². The molecule has 2 saturated heterocycles. The molecule has 24 heteroatoms. The second-order valence-electron chi connectivity index (χ2n) is 11.2. The van der Waals surface area contributed by atoms with Crippen LogP contribution in [0.1, 0.15) is 40.8 Å². The Labute approximate surface area is 277 Å². The molecule has 49 heavy (non-hydrogen) atoms. The maximum absolute atomic E-state index is 15.1. The summed E-state index contributed by atoms with van der Waals surface area (Å²) in [5.41, 5.74) is 5.93. The number of nitrogens with zero attached hydrogens (tertiary/aromatic N) is 4. The molecule has 2 aliphatic heterocycles. The summed E-state index contributed by atoms with van der Waals surface area (Å²) in [6.45, 7) is 4.88. The fraction of sp³-hybridized carbons (Fsp3) is 0.680. The number of aliphatic hydroxyl groups excluding tert-OH is 1. The third-order valence-electron chi connectivity index (χ3n) is 7.66. The number of hydrogen-bond acceptors (Lipinski definition) is 18. The number of nitrogen functional groups attached to an aromatic ring is 1. The van der Waals surface area contributed by atoms with E-state index in [1.807, 2.05) is 0 Å². The topological polar surface area (TPSA) is 290 Å². The Morgan fingerprint density at radius 2 is 1.73 bits per heavy atom. The Hall–Kier alpha value is -3.17. The van der Waals surface area contributed by atoms with E-state index in [4.69, 9.17) is 38.5 Å². The predicted molar refractivity (Wildman–Crippen MR) is 157 cm³/mol. The summed E-state index contributed by atoms with van der Waals surface area (Å²) in [5, 5.41) is 10.4. The van der Waals surface area contributed by atoms with Crippen molar-refractivity contribution in [2.45, 2.75) is 83.8 Å². The Morgan fingerprint density at radius 1 is 1.04 bits per heavy atom. The monoisotopic (exact) mass is 743 g/mol. The average molecular weight is 744 g/mol. The molecule has 0 aromatic carbocycles. The van der Waals surface area contributed by atoms with Crippen LogP contribution in [0.2, 0.25) is 0 Å². The minimum atomic E-state index is -5.66. The van der Waals surface area contributed by atoms with Gasteiger partial charge in [-0.25, -0.2) is 28.5 Å². The molecule has 0 saturated carbocycles. The van der Waals surface area contributed by atoms with Crippen molar-refractivity contribution in [2.24, 2.45) is 11.8 Å². The van der Waals surface area contributed by atoms with Gasteiger partial charge in [-0.05, 0) is 5.92 Å². The maximum atomic E-state index is 15.1. The molecule has 21 nitrogen and oxygen atoms in total. The number of rotatable bonds is 13. The number of alkyl halides is 1. The molecule has 5 unspecified atom stereocenters. The summed E-state index contributed by atoms with van der Waals surface area (Å²) in [6, 6.07) is 0. The highest BCUT2D eigenvalue weighted by Gasteiger charge is 2.52. The molecule has 0 aliphatic carbocycles. The van der Waals surface area contributed by atoms with Gasteiger partial charge in [0.15, 0.2) is 36.1 Å². The number of halogens is 1. The van der Waals surface area contributed by atoms with Gasteiger partial charge < -0.3 is 44.3 Å². The van der Waals surface area contributed by atoms with Crippen LogP contribution in [0.5, 0.6) is 0 Å². The largest absolute Gasteiger partial charge is 0.483 e. The summed E-state index contributed by atoms with van der Waals surface area (Å²) in [5.74, 6) is -3.71. The lowest BCUT2D eigenvalue weighted by Gasteiger charge is -2.45. The molecule has 2 aromatic heterocycles. The van der Waals surface area contributed by atoms with E-state index in [0.29, 0.717) is 0 Å². The summed E-state index contributed by atoms with van der Waals surface area (Å²) in [7, 11) is -11.2. The number of carbonyl (C=O) groups excluding carboxylic acids is 3. The quantitative estimate of drug-likeness (QED) is 0.125. The first kappa shape index (κ1) is 38.6. The molecule has 4 heterocycles. The highest BCUT2D eigenvalue weighted by atomic mass is 31.3. The maximum Gasteiger partial charge on any atom is 0.483 e. The standard InChI is InChI=1S/C25H36FN5O16P2/c1-10-11(2)21(43-14(5)34)25(45-20(10)16(42-13(4)33)6-40-12(3)32)46-49(38,39)47-48(36,37)41-7-15-19(35)17(26)24(44-15)31-9-30-18-22(27)28-8-29-23(18)31/h8-11,15-17,19-21,24-25,35H,6-7H2,1-5H3,(H,36,37)(H,38,39)(H2,27,28,29)/t10-,11-,15+,16+,17-,19?,20?,21?,24+,25-/m0/s1. The van der Waals surface area contributed by atoms with Gasteiger partial charge >= 0.3 is 33.6 Å². The smallest absolute Gasteiger partial charge is 0.462 e. The third-order valence-corrected chi connectivity index (χ3v) is 10.3. The molecule has 2 fully saturated rings. The number of nitrogens with two attached hydrogens (primary N) is 1. The summed E-state index contributed by atoms with van der Waals surface area (Å²) < 4.78 is 82.8. The van der Waals surface area contributed by atoms with Crippen molar-refractivity contribution in [1.82, 2.24) is 19.5 Å². The highest BCUT2D eigenvalue weighted by Crippen LogP contribution is 2.62. The van der Waals surface area contributed by atoms with Gasteiger partial charge in [0.05, 0.1) is 12.9 Å². The molecule has 4 rings (SSSR count). The Morgan fingerprint density at radius 3 is 2.37 bits per heavy atom. The lowest BCUT2D eigenvalue weighted by molar-refractivity contribution is -0.270. The van der Waals surface area contributed by atoms with Crippen LogP contribution >= 0.6 is 15.6 Å². The summed E-state index contributed by atoms with van der Waals surface area (Å²) in [4.78, 5) is 67.6. The number of phosphoric acid groups is 2. The molecule has 0 amide bonds. The summed E-state index contributed by atoms with van der Waals surface area (Å²) >= 11 is 0. The van der Waals surface area contributed by atoms with Crippen molar-refractivity contribution < 1.29 is 79.8 Å². The van der Waals surface area contributed by atoms with Crippen molar-refractivity contribution in [3.8, 4) is 0 Å². The van der Waals surface area contributed by atoms with Crippen molar-refractivity contribution in [3.63, 3.8) is 0 Å². The number of imidazole rings is 1. The number of anilines is 1. The Kier molecular flexibility index (Phi) is 12.1. The van der Waals surface area contributed by atoms with Crippen molar-refractivity contribution in [3.05, 3.63) is 12.7 Å². The van der Waals surface area contributed by atoms with Crippen LogP contribution in [-0.4, -0.2) is 109 Å². The van der Waals surface area contributed by atoms with Crippen LogP contribution in [0, 0.1) is 11.8 Å². The first-order valence-electron chi connectivity index (χ1n) is 14.5. The van der Waals surface area contributed by atoms with Crippen LogP contribution in [-0.2, 0) is 60.6 Å². The summed E-state index contributed by atoms with van der Waals surface area (Å²) in [6.07, 6.45) is -10.8. The van der Waals surface area contributed by atoms with Gasteiger partial charge in [-0.15, -0.1) is 0 Å². The molecular formula is C25H36FN5O16P2. The van der Waals surface area contributed by atoms with Gasteiger partial charge in [0.1, 0.15) is 36.8 Å². The van der Waals surface area contributed by atoms with E-state index in [0.717, 1.165) is 38.0 Å². The minimum absolute atomic E-state index is 0.00453. The lowest BCUT2D eigenvalue weighted by Crippen LogP contribution is -2.56. The molecule has 2 aliphatic rings. The minimum Gasteiger partial charge on any atom is -0.462 e.